The number of nitrogens with one attached hydrogen (secondary N) is 1. The van der Waals surface area contributed by atoms with E-state index in [0.717, 1.165) is 5.56 Å². The molecule has 1 atom stereocenters. The number of rotatable bonds is 4. The lowest BCUT2D eigenvalue weighted by atomic mass is 9.95. The van der Waals surface area contributed by atoms with Gasteiger partial charge in [-0.25, -0.2) is 4.39 Å². The highest BCUT2D eigenvalue weighted by atomic mass is 35.5. The van der Waals surface area contributed by atoms with E-state index in [1.54, 1.807) is 18.2 Å². The van der Waals surface area contributed by atoms with Crippen molar-refractivity contribution in [2.45, 2.75) is 13.0 Å². The minimum absolute atomic E-state index is 0.0533. The van der Waals surface area contributed by atoms with Crippen LogP contribution in [-0.2, 0) is 0 Å². The molecule has 2 aromatic carbocycles. The predicted octanol–water partition coefficient (Wildman–Crippen LogP) is 5.09. The number of hydrogen-bond acceptors (Lipinski definition) is 2. The molecule has 2 aromatic rings. The SMILES string of the molecule is CNC(C)c1ccc(F)cc1-c1cc(Cl)c(OC)cc1Cl. The van der Waals surface area contributed by atoms with Crippen LogP contribution in [0.15, 0.2) is 30.3 Å². The van der Waals surface area contributed by atoms with Crippen LogP contribution >= 0.6 is 23.2 Å². The molecule has 21 heavy (non-hydrogen) atoms. The van der Waals surface area contributed by atoms with Gasteiger partial charge in [0.05, 0.1) is 17.2 Å². The highest BCUT2D eigenvalue weighted by Gasteiger charge is 2.16. The second-order valence-corrected chi connectivity index (χ2v) is 5.52. The smallest absolute Gasteiger partial charge is 0.138 e. The van der Waals surface area contributed by atoms with Crippen molar-refractivity contribution in [3.8, 4) is 16.9 Å². The summed E-state index contributed by atoms with van der Waals surface area (Å²) in [5, 5.41) is 4.04. The molecule has 0 spiro atoms. The Balaban J connectivity index is 2.66. The Labute approximate surface area is 133 Å². The van der Waals surface area contributed by atoms with Crippen LogP contribution in [0.1, 0.15) is 18.5 Å². The number of halogens is 3. The molecule has 2 nitrogen and oxygen atoms in total. The molecular weight excluding hydrogens is 312 g/mol. The molecule has 0 aliphatic carbocycles. The maximum Gasteiger partial charge on any atom is 0.138 e. The molecule has 0 bridgehead atoms. The van der Waals surface area contributed by atoms with Crippen LogP contribution in [0.25, 0.3) is 11.1 Å². The molecule has 1 unspecified atom stereocenters. The average molecular weight is 328 g/mol. The molecule has 0 aromatic heterocycles. The topological polar surface area (TPSA) is 21.3 Å². The summed E-state index contributed by atoms with van der Waals surface area (Å²) in [5.41, 5.74) is 2.34. The first kappa shape index (κ1) is 16.1. The molecular formula is C16H16Cl2FNO. The van der Waals surface area contributed by atoms with E-state index in [2.05, 4.69) is 5.32 Å². The van der Waals surface area contributed by atoms with Crippen LogP contribution in [0.3, 0.4) is 0 Å². The van der Waals surface area contributed by atoms with Crippen LogP contribution < -0.4 is 10.1 Å². The summed E-state index contributed by atoms with van der Waals surface area (Å²) in [5.74, 6) is 0.171. The fourth-order valence-electron chi connectivity index (χ4n) is 2.19. The van der Waals surface area contributed by atoms with Crippen molar-refractivity contribution in [1.82, 2.24) is 5.32 Å². The first-order chi connectivity index (χ1) is 9.97. The third kappa shape index (κ3) is 3.31. The fourth-order valence-corrected chi connectivity index (χ4v) is 2.68. The molecule has 2 rings (SSSR count). The Kier molecular flexibility index (Phi) is 5.09. The van der Waals surface area contributed by atoms with Gasteiger partial charge in [-0.1, -0.05) is 29.3 Å². The summed E-state index contributed by atoms with van der Waals surface area (Å²) >= 11 is 12.5. The minimum atomic E-state index is -0.319. The Morgan fingerprint density at radius 2 is 1.81 bits per heavy atom. The van der Waals surface area contributed by atoms with Crippen molar-refractivity contribution >= 4 is 23.2 Å². The van der Waals surface area contributed by atoms with E-state index in [-0.39, 0.29) is 11.9 Å². The van der Waals surface area contributed by atoms with E-state index in [9.17, 15) is 4.39 Å². The molecule has 5 heteroatoms. The average Bonchev–Trinajstić information content (AvgIpc) is 2.48. The standard InChI is InChI=1S/C16H16Cl2FNO/c1-9(20-2)11-5-4-10(19)6-12(11)13-7-15(18)16(21-3)8-14(13)17/h4-9,20H,1-3H3. The Morgan fingerprint density at radius 1 is 1.10 bits per heavy atom. The zero-order valence-corrected chi connectivity index (χ0v) is 13.5. The number of methoxy groups -OCH3 is 1. The molecule has 0 aliphatic rings. The number of hydrogen-bond donors (Lipinski definition) is 1. The van der Waals surface area contributed by atoms with Gasteiger partial charge >= 0.3 is 0 Å². The number of ether oxygens (including phenoxy) is 1. The Bertz CT molecular complexity index is 661. The molecule has 0 amide bonds. The van der Waals surface area contributed by atoms with Crippen molar-refractivity contribution in [3.05, 3.63) is 51.8 Å². The van der Waals surface area contributed by atoms with Gasteiger partial charge in [-0.3, -0.25) is 0 Å². The molecule has 1 N–H and O–H groups in total. The third-order valence-corrected chi connectivity index (χ3v) is 4.05. The van der Waals surface area contributed by atoms with Gasteiger partial charge in [0.1, 0.15) is 11.6 Å². The molecule has 0 saturated carbocycles. The normalized spacial score (nSPS) is 12.3. The monoisotopic (exact) mass is 327 g/mol. The quantitative estimate of drug-likeness (QED) is 0.844. The zero-order chi connectivity index (χ0) is 15.6. The van der Waals surface area contributed by atoms with Crippen LogP contribution in [0.5, 0.6) is 5.75 Å². The van der Waals surface area contributed by atoms with Crippen LogP contribution in [0, 0.1) is 5.82 Å². The van der Waals surface area contributed by atoms with E-state index in [1.165, 1.54) is 19.2 Å². The van der Waals surface area contributed by atoms with E-state index < -0.39 is 0 Å². The van der Waals surface area contributed by atoms with E-state index in [0.29, 0.717) is 26.9 Å². The van der Waals surface area contributed by atoms with Gasteiger partial charge < -0.3 is 10.1 Å². The first-order valence-electron chi connectivity index (χ1n) is 6.48. The lowest BCUT2D eigenvalue weighted by Gasteiger charge is -2.18. The van der Waals surface area contributed by atoms with Gasteiger partial charge in [0.25, 0.3) is 0 Å². The fraction of sp³-hybridized carbons (Fsp3) is 0.250. The van der Waals surface area contributed by atoms with Crippen LogP contribution in [0.2, 0.25) is 10.0 Å². The van der Waals surface area contributed by atoms with Crippen molar-refractivity contribution < 1.29 is 9.13 Å². The van der Waals surface area contributed by atoms with Crippen LogP contribution in [-0.4, -0.2) is 14.2 Å². The Hall–Kier alpha value is -1.29. The molecule has 0 fully saturated rings. The first-order valence-corrected chi connectivity index (χ1v) is 7.23. The summed E-state index contributed by atoms with van der Waals surface area (Å²) in [6.07, 6.45) is 0. The van der Waals surface area contributed by atoms with Gasteiger partial charge in [-0.05, 0) is 43.3 Å². The highest BCUT2D eigenvalue weighted by molar-refractivity contribution is 6.36. The zero-order valence-electron chi connectivity index (χ0n) is 12.0. The predicted molar refractivity (Wildman–Crippen MR) is 85.9 cm³/mol. The van der Waals surface area contributed by atoms with Gasteiger partial charge in [0, 0.05) is 17.7 Å². The Morgan fingerprint density at radius 3 is 2.43 bits per heavy atom. The molecule has 0 heterocycles. The summed E-state index contributed by atoms with van der Waals surface area (Å²) < 4.78 is 18.8. The molecule has 112 valence electrons. The summed E-state index contributed by atoms with van der Waals surface area (Å²) in [4.78, 5) is 0. The summed E-state index contributed by atoms with van der Waals surface area (Å²) in [7, 11) is 3.37. The minimum Gasteiger partial charge on any atom is -0.495 e. The van der Waals surface area contributed by atoms with Gasteiger partial charge in [0.2, 0.25) is 0 Å². The lowest BCUT2D eigenvalue weighted by Crippen LogP contribution is -2.13. The third-order valence-electron chi connectivity index (χ3n) is 3.45. The van der Waals surface area contributed by atoms with Crippen molar-refractivity contribution in [1.29, 1.82) is 0 Å². The van der Waals surface area contributed by atoms with Crippen molar-refractivity contribution in [2.75, 3.05) is 14.2 Å². The second-order valence-electron chi connectivity index (χ2n) is 4.71. The largest absolute Gasteiger partial charge is 0.495 e. The molecule has 0 saturated heterocycles. The lowest BCUT2D eigenvalue weighted by molar-refractivity contribution is 0.415. The van der Waals surface area contributed by atoms with Crippen molar-refractivity contribution in [3.63, 3.8) is 0 Å². The molecule has 0 radical (unpaired) electrons. The van der Waals surface area contributed by atoms with Gasteiger partial charge in [0.15, 0.2) is 0 Å². The van der Waals surface area contributed by atoms with Crippen LogP contribution in [0.4, 0.5) is 4.39 Å². The maximum absolute atomic E-state index is 13.7. The van der Waals surface area contributed by atoms with E-state index >= 15 is 0 Å². The van der Waals surface area contributed by atoms with Gasteiger partial charge in [-0.15, -0.1) is 0 Å². The number of benzene rings is 2. The summed E-state index contributed by atoms with van der Waals surface area (Å²) in [6.45, 7) is 2.00. The van der Waals surface area contributed by atoms with E-state index in [1.807, 2.05) is 14.0 Å². The van der Waals surface area contributed by atoms with E-state index in [4.69, 9.17) is 27.9 Å². The molecule has 0 aliphatic heterocycles. The van der Waals surface area contributed by atoms with Crippen molar-refractivity contribution in [2.24, 2.45) is 0 Å². The summed E-state index contributed by atoms with van der Waals surface area (Å²) in [6, 6.07) is 8.04. The highest BCUT2D eigenvalue weighted by Crippen LogP contribution is 2.39. The maximum atomic E-state index is 13.7. The van der Waals surface area contributed by atoms with Gasteiger partial charge in [-0.2, -0.15) is 0 Å². The second kappa shape index (κ2) is 6.65.